The van der Waals surface area contributed by atoms with Crippen LogP contribution >= 0.6 is 0 Å². The molecule has 1 aromatic heterocycles. The van der Waals surface area contributed by atoms with Gasteiger partial charge in [0.05, 0.1) is 0 Å². The molecule has 0 N–H and O–H groups in total. The molecule has 0 aliphatic rings. The second-order valence-electron chi connectivity index (χ2n) is 4.56. The Morgan fingerprint density at radius 3 is 2.11 bits per heavy atom. The highest BCUT2D eigenvalue weighted by Gasteiger charge is 1.96. The number of aromatic nitrogens is 1. The molecule has 1 nitrogen and oxygen atoms in total. The van der Waals surface area contributed by atoms with E-state index in [2.05, 4.69) is 48.3 Å². The number of hydrogen-bond donors (Lipinski definition) is 0. The predicted octanol–water partition coefficient (Wildman–Crippen LogP) is 4.98. The molecule has 0 amide bonds. The van der Waals surface area contributed by atoms with Crippen LogP contribution in [0.15, 0.2) is 48.8 Å². The molecule has 2 rings (SSSR count). The van der Waals surface area contributed by atoms with Crippen molar-refractivity contribution in [3.05, 3.63) is 65.5 Å². The second-order valence-corrected chi connectivity index (χ2v) is 4.56. The topological polar surface area (TPSA) is 12.9 Å². The zero-order valence-electron chi connectivity index (χ0n) is 12.4. The molecular weight excluding hydrogens is 230 g/mol. The summed E-state index contributed by atoms with van der Waals surface area (Å²) in [5.41, 5.74) is 4.05. The molecule has 0 aliphatic carbocycles. The lowest BCUT2D eigenvalue weighted by molar-refractivity contribution is 0.732. The summed E-state index contributed by atoms with van der Waals surface area (Å²) in [7, 11) is 0. The van der Waals surface area contributed by atoms with Gasteiger partial charge in [0.15, 0.2) is 0 Å². The van der Waals surface area contributed by atoms with E-state index < -0.39 is 0 Å². The Morgan fingerprint density at radius 1 is 0.842 bits per heavy atom. The highest BCUT2D eigenvalue weighted by Crippen LogP contribution is 2.09. The van der Waals surface area contributed by atoms with Gasteiger partial charge in [0, 0.05) is 12.4 Å². The Balaban J connectivity index is 0.000000861. The smallest absolute Gasteiger partial charge is 0.0300 e. The number of nitrogens with zero attached hydrogens (tertiary/aromatic N) is 1. The van der Waals surface area contributed by atoms with E-state index in [4.69, 9.17) is 0 Å². The van der Waals surface area contributed by atoms with E-state index in [9.17, 15) is 0 Å². The van der Waals surface area contributed by atoms with Gasteiger partial charge in [-0.1, -0.05) is 50.2 Å². The van der Waals surface area contributed by atoms with Gasteiger partial charge in [-0.25, -0.2) is 0 Å². The molecule has 1 heterocycles. The largest absolute Gasteiger partial charge is 0.264 e. The van der Waals surface area contributed by atoms with E-state index >= 15 is 0 Å². The van der Waals surface area contributed by atoms with Gasteiger partial charge in [-0.15, -0.1) is 0 Å². The van der Waals surface area contributed by atoms with Crippen LogP contribution in [0.5, 0.6) is 0 Å². The molecule has 0 bridgehead atoms. The summed E-state index contributed by atoms with van der Waals surface area (Å²) in [6.45, 7) is 6.10. The third kappa shape index (κ3) is 6.19. The van der Waals surface area contributed by atoms with Crippen molar-refractivity contribution in [2.45, 2.75) is 46.5 Å². The molecule has 0 fully saturated rings. The summed E-state index contributed by atoms with van der Waals surface area (Å²) >= 11 is 0. The minimum Gasteiger partial charge on any atom is -0.264 e. The van der Waals surface area contributed by atoms with Gasteiger partial charge in [0.2, 0.25) is 0 Å². The Hall–Kier alpha value is -1.63. The van der Waals surface area contributed by atoms with Crippen molar-refractivity contribution >= 4 is 0 Å². The van der Waals surface area contributed by atoms with Gasteiger partial charge in [-0.3, -0.25) is 4.98 Å². The van der Waals surface area contributed by atoms with Crippen LogP contribution in [-0.4, -0.2) is 4.98 Å². The highest BCUT2D eigenvalue weighted by atomic mass is 14.6. The molecule has 2 aromatic rings. The van der Waals surface area contributed by atoms with Crippen LogP contribution in [0.3, 0.4) is 0 Å². The molecule has 19 heavy (non-hydrogen) atoms. The monoisotopic (exact) mass is 255 g/mol. The maximum absolute atomic E-state index is 4.22. The first-order valence-corrected chi connectivity index (χ1v) is 7.29. The van der Waals surface area contributed by atoms with Crippen LogP contribution < -0.4 is 0 Å². The van der Waals surface area contributed by atoms with Crippen LogP contribution in [0, 0.1) is 6.92 Å². The lowest BCUT2D eigenvalue weighted by Crippen LogP contribution is -1.90. The maximum atomic E-state index is 4.22. The van der Waals surface area contributed by atoms with E-state index in [1.807, 2.05) is 26.2 Å². The fourth-order valence-corrected chi connectivity index (χ4v) is 2.06. The van der Waals surface area contributed by atoms with Crippen molar-refractivity contribution in [2.24, 2.45) is 0 Å². The van der Waals surface area contributed by atoms with E-state index in [-0.39, 0.29) is 0 Å². The summed E-state index contributed by atoms with van der Waals surface area (Å²) < 4.78 is 0. The predicted molar refractivity (Wildman–Crippen MR) is 83.4 cm³/mol. The number of hydrogen-bond acceptors (Lipinski definition) is 1. The average Bonchev–Trinajstić information content (AvgIpc) is 2.47. The molecule has 0 atom stereocenters. The van der Waals surface area contributed by atoms with E-state index in [1.165, 1.54) is 36.0 Å². The molecule has 0 radical (unpaired) electrons. The van der Waals surface area contributed by atoms with Crippen LogP contribution in [0.25, 0.3) is 0 Å². The normalized spacial score (nSPS) is 9.63. The first-order valence-electron chi connectivity index (χ1n) is 7.29. The average molecular weight is 255 g/mol. The van der Waals surface area contributed by atoms with Gasteiger partial charge in [0.1, 0.15) is 0 Å². The highest BCUT2D eigenvalue weighted by molar-refractivity contribution is 5.17. The van der Waals surface area contributed by atoms with Crippen molar-refractivity contribution in [3.63, 3.8) is 0 Å². The molecule has 0 spiro atoms. The standard InChI is InChI=1S/C16H19N.C2H6/c1-14-11-16(13-17-12-14)10-6-5-9-15-7-3-2-4-8-15;1-2/h2-4,7-8,11-13H,5-6,9-10H2,1H3;1-2H3. The summed E-state index contributed by atoms with van der Waals surface area (Å²) in [5, 5.41) is 0. The van der Waals surface area contributed by atoms with Gasteiger partial charge in [-0.2, -0.15) is 0 Å². The van der Waals surface area contributed by atoms with Crippen LogP contribution in [0.1, 0.15) is 43.4 Å². The minimum atomic E-state index is 1.14. The van der Waals surface area contributed by atoms with E-state index in [0.717, 1.165) is 6.42 Å². The van der Waals surface area contributed by atoms with Crippen molar-refractivity contribution < 1.29 is 0 Å². The lowest BCUT2D eigenvalue weighted by atomic mass is 10.0. The minimum absolute atomic E-state index is 1.14. The third-order valence-corrected chi connectivity index (χ3v) is 2.96. The zero-order chi connectivity index (χ0) is 13.9. The van der Waals surface area contributed by atoms with Gasteiger partial charge in [0.25, 0.3) is 0 Å². The lowest BCUT2D eigenvalue weighted by Gasteiger charge is -2.03. The van der Waals surface area contributed by atoms with Crippen molar-refractivity contribution in [2.75, 3.05) is 0 Å². The Morgan fingerprint density at radius 2 is 1.47 bits per heavy atom. The van der Waals surface area contributed by atoms with Crippen LogP contribution in [0.2, 0.25) is 0 Å². The fraction of sp³-hybridized carbons (Fsp3) is 0.389. The van der Waals surface area contributed by atoms with Gasteiger partial charge in [-0.05, 0) is 49.3 Å². The maximum Gasteiger partial charge on any atom is 0.0300 e. The number of benzene rings is 1. The number of rotatable bonds is 5. The van der Waals surface area contributed by atoms with Crippen LogP contribution in [0.4, 0.5) is 0 Å². The molecule has 0 aliphatic heterocycles. The fourth-order valence-electron chi connectivity index (χ4n) is 2.06. The van der Waals surface area contributed by atoms with Gasteiger partial charge >= 0.3 is 0 Å². The Kier molecular flexibility index (Phi) is 7.57. The molecule has 102 valence electrons. The first-order chi connectivity index (χ1) is 9.34. The summed E-state index contributed by atoms with van der Waals surface area (Å²) in [4.78, 5) is 4.22. The zero-order valence-corrected chi connectivity index (χ0v) is 12.4. The third-order valence-electron chi connectivity index (χ3n) is 2.96. The van der Waals surface area contributed by atoms with Gasteiger partial charge < -0.3 is 0 Å². The number of pyridine rings is 1. The van der Waals surface area contributed by atoms with Crippen molar-refractivity contribution in [3.8, 4) is 0 Å². The quantitative estimate of drug-likeness (QED) is 0.686. The van der Waals surface area contributed by atoms with Crippen LogP contribution in [-0.2, 0) is 12.8 Å². The van der Waals surface area contributed by atoms with E-state index in [1.54, 1.807) is 0 Å². The van der Waals surface area contributed by atoms with Crippen molar-refractivity contribution in [1.82, 2.24) is 4.98 Å². The molecule has 0 saturated heterocycles. The Labute approximate surface area is 117 Å². The molecule has 1 heteroatoms. The molecular formula is C18H25N. The summed E-state index contributed by atoms with van der Waals surface area (Å²) in [6.07, 6.45) is 8.70. The first kappa shape index (κ1) is 15.4. The molecule has 0 unspecified atom stereocenters. The SMILES string of the molecule is CC.Cc1cncc(CCCCc2ccccc2)c1. The van der Waals surface area contributed by atoms with E-state index in [0.29, 0.717) is 0 Å². The summed E-state index contributed by atoms with van der Waals surface area (Å²) in [6, 6.07) is 12.9. The summed E-state index contributed by atoms with van der Waals surface area (Å²) in [5.74, 6) is 0. The molecule has 0 saturated carbocycles. The second kappa shape index (κ2) is 9.32. The number of aryl methyl sites for hydroxylation is 3. The molecule has 1 aromatic carbocycles. The Bertz CT molecular complexity index is 448. The van der Waals surface area contributed by atoms with Crippen molar-refractivity contribution in [1.29, 1.82) is 0 Å². The number of unbranched alkanes of at least 4 members (excludes halogenated alkanes) is 1.